The number of hydrogen-bond acceptors (Lipinski definition) is 7. The van der Waals surface area contributed by atoms with Crippen molar-refractivity contribution in [3.05, 3.63) is 47.9 Å². The van der Waals surface area contributed by atoms with E-state index in [4.69, 9.17) is 14.2 Å². The highest BCUT2D eigenvalue weighted by molar-refractivity contribution is 6.03. The first-order valence-corrected chi connectivity index (χ1v) is 10.8. The van der Waals surface area contributed by atoms with Gasteiger partial charge in [-0.1, -0.05) is 0 Å². The van der Waals surface area contributed by atoms with E-state index in [0.29, 0.717) is 34.4 Å². The van der Waals surface area contributed by atoms with Gasteiger partial charge in [0.15, 0.2) is 17.3 Å². The van der Waals surface area contributed by atoms with Crippen LogP contribution in [0.3, 0.4) is 0 Å². The molecular formula is C24H27N5O5. The van der Waals surface area contributed by atoms with E-state index < -0.39 is 5.92 Å². The Bertz CT molecular complexity index is 1200. The lowest BCUT2D eigenvalue weighted by Gasteiger charge is -2.20. The number of pyridine rings is 1. The summed E-state index contributed by atoms with van der Waals surface area (Å²) in [5.41, 5.74) is 3.00. The van der Waals surface area contributed by atoms with Crippen LogP contribution in [0, 0.1) is 19.8 Å². The number of aromatic nitrogens is 3. The van der Waals surface area contributed by atoms with Gasteiger partial charge < -0.3 is 24.4 Å². The highest BCUT2D eigenvalue weighted by Crippen LogP contribution is 2.42. The van der Waals surface area contributed by atoms with E-state index in [1.165, 1.54) is 21.3 Å². The number of rotatable bonds is 7. The number of nitrogens with one attached hydrogen (secondary N) is 1. The molecule has 0 radical (unpaired) electrons. The second-order valence-corrected chi connectivity index (χ2v) is 8.02. The van der Waals surface area contributed by atoms with Crippen LogP contribution in [0.1, 0.15) is 17.8 Å². The van der Waals surface area contributed by atoms with Gasteiger partial charge in [0.25, 0.3) is 0 Å². The van der Waals surface area contributed by atoms with Gasteiger partial charge in [-0.05, 0) is 32.0 Å². The molecule has 4 rings (SSSR count). The molecule has 3 aromatic rings. The zero-order chi connectivity index (χ0) is 24.4. The van der Waals surface area contributed by atoms with Crippen LogP contribution in [0.5, 0.6) is 17.2 Å². The quantitative estimate of drug-likeness (QED) is 0.572. The van der Waals surface area contributed by atoms with Crippen molar-refractivity contribution in [3.63, 3.8) is 0 Å². The average molecular weight is 466 g/mol. The monoisotopic (exact) mass is 465 g/mol. The summed E-state index contributed by atoms with van der Waals surface area (Å²) in [6.07, 6.45) is 1.68. The fraction of sp³-hybridized carbons (Fsp3) is 0.333. The summed E-state index contributed by atoms with van der Waals surface area (Å²) in [7, 11) is 4.54. The van der Waals surface area contributed by atoms with Gasteiger partial charge in [0, 0.05) is 30.8 Å². The van der Waals surface area contributed by atoms with Crippen molar-refractivity contribution in [2.45, 2.75) is 20.3 Å². The summed E-state index contributed by atoms with van der Waals surface area (Å²) >= 11 is 0. The topological polar surface area (TPSA) is 108 Å². The predicted molar refractivity (Wildman–Crippen MR) is 126 cm³/mol. The third-order valence-corrected chi connectivity index (χ3v) is 5.70. The first-order valence-electron chi connectivity index (χ1n) is 10.8. The van der Waals surface area contributed by atoms with Gasteiger partial charge in [0.2, 0.25) is 17.6 Å². The van der Waals surface area contributed by atoms with Gasteiger partial charge in [0.05, 0.1) is 50.5 Å². The minimum atomic E-state index is -0.512. The van der Waals surface area contributed by atoms with Crippen LogP contribution in [0.25, 0.3) is 5.82 Å². The maximum atomic E-state index is 12.9. The Kier molecular flexibility index (Phi) is 6.40. The van der Waals surface area contributed by atoms with E-state index in [1.54, 1.807) is 40.0 Å². The third kappa shape index (κ3) is 4.39. The summed E-state index contributed by atoms with van der Waals surface area (Å²) in [5.74, 6) is 1.05. The van der Waals surface area contributed by atoms with Crippen molar-refractivity contribution in [1.29, 1.82) is 0 Å². The van der Waals surface area contributed by atoms with Gasteiger partial charge in [0.1, 0.15) is 0 Å². The Morgan fingerprint density at radius 1 is 1.06 bits per heavy atom. The van der Waals surface area contributed by atoms with E-state index in [0.717, 1.165) is 11.4 Å². The predicted octanol–water partition coefficient (Wildman–Crippen LogP) is 2.90. The molecule has 1 aromatic carbocycles. The van der Waals surface area contributed by atoms with Crippen LogP contribution in [0.2, 0.25) is 0 Å². The molecule has 1 atom stereocenters. The molecule has 0 aliphatic carbocycles. The van der Waals surface area contributed by atoms with Gasteiger partial charge in [-0.2, -0.15) is 5.10 Å². The number of carbonyl (C=O) groups excluding carboxylic acids is 2. The van der Waals surface area contributed by atoms with Crippen molar-refractivity contribution in [3.8, 4) is 23.1 Å². The van der Waals surface area contributed by atoms with E-state index >= 15 is 0 Å². The van der Waals surface area contributed by atoms with Crippen LogP contribution in [0.4, 0.5) is 11.4 Å². The van der Waals surface area contributed by atoms with Gasteiger partial charge in [-0.3, -0.25) is 9.59 Å². The molecule has 3 heterocycles. The van der Waals surface area contributed by atoms with Crippen molar-refractivity contribution in [1.82, 2.24) is 14.8 Å². The number of amides is 2. The smallest absolute Gasteiger partial charge is 0.229 e. The number of carbonyl (C=O) groups is 2. The molecule has 178 valence electrons. The first kappa shape index (κ1) is 23.1. The number of aryl methyl sites for hydroxylation is 2. The molecule has 10 nitrogen and oxygen atoms in total. The van der Waals surface area contributed by atoms with E-state index in [1.807, 2.05) is 19.9 Å². The molecule has 1 aliphatic heterocycles. The normalized spacial score (nSPS) is 15.4. The molecule has 10 heteroatoms. The maximum Gasteiger partial charge on any atom is 0.229 e. The number of nitrogens with zero attached hydrogens (tertiary/aromatic N) is 4. The van der Waals surface area contributed by atoms with E-state index in [2.05, 4.69) is 15.4 Å². The number of benzene rings is 1. The van der Waals surface area contributed by atoms with Crippen LogP contribution >= 0.6 is 0 Å². The van der Waals surface area contributed by atoms with Gasteiger partial charge >= 0.3 is 0 Å². The second kappa shape index (κ2) is 9.42. The molecule has 1 aliphatic rings. The molecule has 0 saturated carbocycles. The van der Waals surface area contributed by atoms with Crippen LogP contribution < -0.4 is 24.4 Å². The molecule has 0 spiro atoms. The molecule has 34 heavy (non-hydrogen) atoms. The zero-order valence-electron chi connectivity index (χ0n) is 19.8. The summed E-state index contributed by atoms with van der Waals surface area (Å²) in [4.78, 5) is 31.6. The Hall–Kier alpha value is -4.08. The molecule has 1 N–H and O–H groups in total. The Balaban J connectivity index is 1.47. The molecule has 1 saturated heterocycles. The largest absolute Gasteiger partial charge is 0.493 e. The van der Waals surface area contributed by atoms with Crippen LogP contribution in [-0.2, 0) is 9.59 Å². The van der Waals surface area contributed by atoms with Crippen molar-refractivity contribution < 1.29 is 23.8 Å². The van der Waals surface area contributed by atoms with Crippen molar-refractivity contribution in [2.24, 2.45) is 5.92 Å². The number of anilines is 2. The van der Waals surface area contributed by atoms with Gasteiger partial charge in [-0.15, -0.1) is 0 Å². The lowest BCUT2D eigenvalue weighted by atomic mass is 10.1. The number of ether oxygens (including phenoxy) is 3. The van der Waals surface area contributed by atoms with Crippen molar-refractivity contribution >= 4 is 23.2 Å². The number of methoxy groups -OCH3 is 3. The summed E-state index contributed by atoms with van der Waals surface area (Å²) in [6.45, 7) is 4.11. The number of hydrogen-bond donors (Lipinski definition) is 1. The lowest BCUT2D eigenvalue weighted by Crippen LogP contribution is -2.28. The first-order chi connectivity index (χ1) is 16.3. The SMILES string of the molecule is COc1cc(N2CC(C(=O)Nc3ccc(-n4nc(C)cc4C)nc3)CC2=O)cc(OC)c1OC. The minimum Gasteiger partial charge on any atom is -0.493 e. The maximum absolute atomic E-state index is 12.9. The molecule has 2 aromatic heterocycles. The third-order valence-electron chi connectivity index (χ3n) is 5.70. The molecule has 2 amide bonds. The molecular weight excluding hydrogens is 438 g/mol. The van der Waals surface area contributed by atoms with Gasteiger partial charge in [-0.25, -0.2) is 9.67 Å². The standard InChI is InChI=1S/C24H27N5O5/c1-14-8-15(2)29(27-14)21-7-6-17(12-25-21)26-24(31)16-9-22(30)28(13-16)18-10-19(32-3)23(34-5)20(11-18)33-4/h6-8,10-12,16H,9,13H2,1-5H3,(H,26,31). The molecule has 1 unspecified atom stereocenters. The van der Waals surface area contributed by atoms with Crippen molar-refractivity contribution in [2.75, 3.05) is 38.1 Å². The molecule has 0 bridgehead atoms. The van der Waals surface area contributed by atoms with Crippen LogP contribution in [-0.4, -0.2) is 54.5 Å². The minimum absolute atomic E-state index is 0.0970. The Morgan fingerprint density at radius 2 is 1.76 bits per heavy atom. The van der Waals surface area contributed by atoms with Crippen LogP contribution in [0.15, 0.2) is 36.5 Å². The summed E-state index contributed by atoms with van der Waals surface area (Å²) in [5, 5.41) is 7.27. The van der Waals surface area contributed by atoms with E-state index in [-0.39, 0.29) is 24.8 Å². The summed E-state index contributed by atoms with van der Waals surface area (Å²) in [6, 6.07) is 8.91. The van der Waals surface area contributed by atoms with E-state index in [9.17, 15) is 9.59 Å². The summed E-state index contributed by atoms with van der Waals surface area (Å²) < 4.78 is 17.9. The average Bonchev–Trinajstić information content (AvgIpc) is 3.39. The highest BCUT2D eigenvalue weighted by atomic mass is 16.5. The highest BCUT2D eigenvalue weighted by Gasteiger charge is 2.36. The zero-order valence-corrected chi connectivity index (χ0v) is 19.8. The Morgan fingerprint density at radius 3 is 2.29 bits per heavy atom. The second-order valence-electron chi connectivity index (χ2n) is 8.02. The fourth-order valence-corrected chi connectivity index (χ4v) is 4.05. The Labute approximate surface area is 197 Å². The molecule has 1 fully saturated rings. The lowest BCUT2D eigenvalue weighted by molar-refractivity contribution is -0.122. The fourth-order valence-electron chi connectivity index (χ4n) is 4.05.